The van der Waals surface area contributed by atoms with Crippen LogP contribution in [0.3, 0.4) is 0 Å². The number of esters is 1. The van der Waals surface area contributed by atoms with Crippen LogP contribution in [-0.2, 0) is 9.53 Å². The maximum atomic E-state index is 12.5. The fourth-order valence-electron chi connectivity index (χ4n) is 10.4. The van der Waals surface area contributed by atoms with Gasteiger partial charge >= 0.3 is 5.97 Å². The molecule has 0 unspecified atom stereocenters. The molecule has 0 aromatic heterocycles. The SMILES string of the molecule is C=CC.C=CCCCCC.CCCCCCCC(=O)O[C@H]1CC[C@@]2(C)C(=CC[C@H]3[C@@H]4CC[C@H]([C@H](C)CCCC(C)C)[C@@]4(C)CC[C@@H]32)C1. The van der Waals surface area contributed by atoms with Gasteiger partial charge in [0.15, 0.2) is 0 Å². The minimum Gasteiger partial charge on any atom is -0.462 e. The van der Waals surface area contributed by atoms with Crippen molar-refractivity contribution in [1.29, 1.82) is 0 Å². The first-order valence-electron chi connectivity index (χ1n) is 20.6. The molecule has 0 saturated heterocycles. The van der Waals surface area contributed by atoms with Crippen LogP contribution >= 0.6 is 0 Å². The molecular weight excluding hydrogens is 572 g/mol. The molecule has 2 heteroatoms. The smallest absolute Gasteiger partial charge is 0.306 e. The summed E-state index contributed by atoms with van der Waals surface area (Å²) in [6, 6.07) is 0. The first-order valence-corrected chi connectivity index (χ1v) is 20.6. The van der Waals surface area contributed by atoms with Gasteiger partial charge < -0.3 is 4.74 Å². The van der Waals surface area contributed by atoms with E-state index >= 15 is 0 Å². The molecule has 4 aliphatic carbocycles. The van der Waals surface area contributed by atoms with E-state index in [0.29, 0.717) is 17.3 Å². The molecule has 4 aliphatic rings. The van der Waals surface area contributed by atoms with Crippen LogP contribution in [0, 0.1) is 46.3 Å². The molecule has 47 heavy (non-hydrogen) atoms. The largest absolute Gasteiger partial charge is 0.462 e. The van der Waals surface area contributed by atoms with Crippen molar-refractivity contribution < 1.29 is 9.53 Å². The lowest BCUT2D eigenvalue weighted by Crippen LogP contribution is -2.51. The van der Waals surface area contributed by atoms with Crippen molar-refractivity contribution in [2.24, 2.45) is 46.3 Å². The van der Waals surface area contributed by atoms with Gasteiger partial charge in [0.1, 0.15) is 6.10 Å². The van der Waals surface area contributed by atoms with Crippen molar-refractivity contribution in [1.82, 2.24) is 0 Å². The predicted octanol–water partition coefficient (Wildman–Crippen LogP) is 14.2. The van der Waals surface area contributed by atoms with Gasteiger partial charge in [-0.25, -0.2) is 0 Å². The summed E-state index contributed by atoms with van der Waals surface area (Å²) in [6.07, 6.45) is 32.8. The zero-order chi connectivity index (χ0) is 34.9. The van der Waals surface area contributed by atoms with Crippen molar-refractivity contribution in [2.45, 2.75) is 196 Å². The second-order valence-corrected chi connectivity index (χ2v) is 17.0. The molecule has 0 aromatic carbocycles. The summed E-state index contributed by atoms with van der Waals surface area (Å²) in [5, 5.41) is 0. The Bertz CT molecular complexity index is 930. The lowest BCUT2D eigenvalue weighted by molar-refractivity contribution is -0.151. The van der Waals surface area contributed by atoms with E-state index in [2.05, 4.69) is 67.7 Å². The minimum absolute atomic E-state index is 0.0485. The lowest BCUT2D eigenvalue weighted by Gasteiger charge is -2.58. The Hall–Kier alpha value is -1.31. The molecule has 0 heterocycles. The maximum Gasteiger partial charge on any atom is 0.306 e. The van der Waals surface area contributed by atoms with Gasteiger partial charge in [-0.2, -0.15) is 0 Å². The molecule has 3 fully saturated rings. The molecule has 0 aromatic rings. The van der Waals surface area contributed by atoms with E-state index in [1.807, 2.05) is 13.0 Å². The second kappa shape index (κ2) is 21.7. The quantitative estimate of drug-likeness (QED) is 0.0942. The van der Waals surface area contributed by atoms with Gasteiger partial charge in [0.05, 0.1) is 0 Å². The molecule has 272 valence electrons. The third kappa shape index (κ3) is 12.2. The van der Waals surface area contributed by atoms with E-state index in [-0.39, 0.29) is 12.1 Å². The summed E-state index contributed by atoms with van der Waals surface area (Å²) in [6.45, 7) is 25.9. The van der Waals surface area contributed by atoms with Crippen molar-refractivity contribution in [3.8, 4) is 0 Å². The fraction of sp³-hybridized carbons (Fsp3) is 0.844. The zero-order valence-corrected chi connectivity index (χ0v) is 32.9. The molecular formula is C45H80O2. The predicted molar refractivity (Wildman–Crippen MR) is 207 cm³/mol. The molecule has 0 amide bonds. The number of carbonyl (C=O) groups is 1. The van der Waals surface area contributed by atoms with Gasteiger partial charge in [-0.3, -0.25) is 4.79 Å². The first kappa shape index (κ1) is 41.9. The Labute approximate surface area is 294 Å². The Balaban J connectivity index is 0.000000671. The molecule has 0 N–H and O–H groups in total. The Morgan fingerprint density at radius 2 is 1.57 bits per heavy atom. The Kier molecular flexibility index (Phi) is 19.3. The van der Waals surface area contributed by atoms with Gasteiger partial charge in [0.2, 0.25) is 0 Å². The van der Waals surface area contributed by atoms with Gasteiger partial charge in [-0.1, -0.05) is 130 Å². The topological polar surface area (TPSA) is 26.3 Å². The average Bonchev–Trinajstić information content (AvgIpc) is 3.39. The summed E-state index contributed by atoms with van der Waals surface area (Å²) in [7, 11) is 0. The van der Waals surface area contributed by atoms with Crippen LogP contribution in [0.25, 0.3) is 0 Å². The highest BCUT2D eigenvalue weighted by atomic mass is 16.5. The second-order valence-electron chi connectivity index (χ2n) is 17.0. The molecule has 0 spiro atoms. The third-order valence-electron chi connectivity index (χ3n) is 13.1. The summed E-state index contributed by atoms with van der Waals surface area (Å²) >= 11 is 0. The van der Waals surface area contributed by atoms with Gasteiger partial charge in [0.25, 0.3) is 0 Å². The number of fused-ring (bicyclic) bond motifs is 5. The highest BCUT2D eigenvalue weighted by molar-refractivity contribution is 5.69. The van der Waals surface area contributed by atoms with E-state index in [4.69, 9.17) is 4.74 Å². The number of hydrogen-bond donors (Lipinski definition) is 0. The number of hydrogen-bond acceptors (Lipinski definition) is 2. The van der Waals surface area contributed by atoms with Crippen molar-refractivity contribution in [3.05, 3.63) is 37.0 Å². The standard InChI is InChI=1S/C35H60O2.C7H14.C3H6/c1-7-8-9-10-11-15-33(36)37-28-20-22-34(5)27(24-28)16-17-29-31-19-18-30(26(4)14-12-13-25(2)3)35(31,6)23-21-32(29)34;1-3-5-7-6-4-2;1-3-2/h16,25-26,28-32H,7-15,17-24H2,1-6H3;3H,1,4-7H2,2H3;3H,1H2,2H3/t26-,28+,29+,30-,31+,32+,34+,35-;;/m1../s1. The van der Waals surface area contributed by atoms with E-state index in [1.54, 1.807) is 11.6 Å². The fourth-order valence-corrected chi connectivity index (χ4v) is 10.4. The van der Waals surface area contributed by atoms with E-state index in [9.17, 15) is 4.79 Å². The number of rotatable bonds is 16. The lowest BCUT2D eigenvalue weighted by atomic mass is 9.47. The Morgan fingerprint density at radius 1 is 0.894 bits per heavy atom. The number of carbonyl (C=O) groups excluding carboxylic acids is 1. The van der Waals surface area contributed by atoms with Crippen LogP contribution in [0.15, 0.2) is 37.0 Å². The molecule has 0 radical (unpaired) electrons. The third-order valence-corrected chi connectivity index (χ3v) is 13.1. The summed E-state index contributed by atoms with van der Waals surface area (Å²) in [5.41, 5.74) is 2.54. The number of unbranched alkanes of at least 4 members (excludes halogenated alkanes) is 7. The monoisotopic (exact) mass is 653 g/mol. The normalized spacial score (nSPS) is 31.4. The molecule has 4 rings (SSSR count). The van der Waals surface area contributed by atoms with Crippen LogP contribution in [0.2, 0.25) is 0 Å². The molecule has 8 atom stereocenters. The average molecular weight is 653 g/mol. The van der Waals surface area contributed by atoms with Crippen molar-refractivity contribution >= 4 is 5.97 Å². The highest BCUT2D eigenvalue weighted by Gasteiger charge is 2.59. The van der Waals surface area contributed by atoms with Crippen LogP contribution in [0.4, 0.5) is 0 Å². The number of ether oxygens (including phenoxy) is 1. The molecule has 0 bridgehead atoms. The van der Waals surface area contributed by atoms with E-state index in [0.717, 1.165) is 61.2 Å². The van der Waals surface area contributed by atoms with Crippen LogP contribution < -0.4 is 0 Å². The molecule has 0 aliphatic heterocycles. The van der Waals surface area contributed by atoms with Crippen molar-refractivity contribution in [3.63, 3.8) is 0 Å². The van der Waals surface area contributed by atoms with Crippen LogP contribution in [0.1, 0.15) is 190 Å². The number of allylic oxidation sites excluding steroid dienone is 3. The maximum absolute atomic E-state index is 12.5. The summed E-state index contributed by atoms with van der Waals surface area (Å²) < 4.78 is 6.02. The van der Waals surface area contributed by atoms with E-state index in [1.165, 1.54) is 103 Å². The van der Waals surface area contributed by atoms with Gasteiger partial charge in [-0.15, -0.1) is 13.2 Å². The molecule has 3 saturated carbocycles. The summed E-state index contributed by atoms with van der Waals surface area (Å²) in [4.78, 5) is 12.5. The highest BCUT2D eigenvalue weighted by Crippen LogP contribution is 2.67. The van der Waals surface area contributed by atoms with Crippen molar-refractivity contribution in [2.75, 3.05) is 0 Å². The van der Waals surface area contributed by atoms with E-state index < -0.39 is 0 Å². The summed E-state index contributed by atoms with van der Waals surface area (Å²) in [5.74, 6) is 5.34. The van der Waals surface area contributed by atoms with Gasteiger partial charge in [0, 0.05) is 12.8 Å². The van der Waals surface area contributed by atoms with Gasteiger partial charge in [-0.05, 0) is 117 Å². The van der Waals surface area contributed by atoms with Crippen LogP contribution in [-0.4, -0.2) is 12.1 Å². The minimum atomic E-state index is 0.0485. The van der Waals surface area contributed by atoms with Crippen LogP contribution in [0.5, 0.6) is 0 Å². The first-order chi connectivity index (χ1) is 22.5. The Morgan fingerprint density at radius 3 is 2.23 bits per heavy atom. The molecule has 2 nitrogen and oxygen atoms in total. The zero-order valence-electron chi connectivity index (χ0n) is 32.9.